The molecule has 0 aliphatic rings. The fourth-order valence-electron chi connectivity index (χ4n) is 3.56. The molecular formula is C27H40N2O2. The molecule has 0 fully saturated rings. The number of nitrogens with zero attached hydrogens (tertiary/aromatic N) is 1. The zero-order chi connectivity index (χ0) is 22.5. The number of benzene rings is 2. The van der Waals surface area contributed by atoms with Crippen LogP contribution in [0.25, 0.3) is 0 Å². The van der Waals surface area contributed by atoms with Crippen molar-refractivity contribution in [2.24, 2.45) is 5.92 Å². The first-order valence-electron chi connectivity index (χ1n) is 11.6. The lowest BCUT2D eigenvalue weighted by Crippen LogP contribution is -2.41. The highest BCUT2D eigenvalue weighted by Crippen LogP contribution is 2.16. The van der Waals surface area contributed by atoms with Crippen molar-refractivity contribution in [2.45, 2.75) is 65.6 Å². The van der Waals surface area contributed by atoms with Gasteiger partial charge >= 0.3 is 5.97 Å². The van der Waals surface area contributed by atoms with E-state index >= 15 is 0 Å². The maximum atomic E-state index is 13.0. The first kappa shape index (κ1) is 25.1. The van der Waals surface area contributed by atoms with Crippen LogP contribution in [-0.2, 0) is 22.6 Å². The Morgan fingerprint density at radius 2 is 1.48 bits per heavy atom. The molecular weight excluding hydrogens is 384 g/mol. The number of hydrogen-bond acceptors (Lipinski definition) is 4. The molecule has 0 heterocycles. The summed E-state index contributed by atoms with van der Waals surface area (Å²) >= 11 is 0. The molecule has 0 bridgehead atoms. The Labute approximate surface area is 189 Å². The summed E-state index contributed by atoms with van der Waals surface area (Å²) in [6.45, 7) is 11.8. The van der Waals surface area contributed by atoms with Crippen LogP contribution in [0.3, 0.4) is 0 Å². The summed E-state index contributed by atoms with van der Waals surface area (Å²) in [5, 5.41) is 3.49. The van der Waals surface area contributed by atoms with E-state index in [1.165, 1.54) is 24.0 Å². The minimum absolute atomic E-state index is 0.124. The summed E-state index contributed by atoms with van der Waals surface area (Å²) in [5.74, 6) is -0.338. The van der Waals surface area contributed by atoms with Crippen molar-refractivity contribution in [3.8, 4) is 0 Å². The van der Waals surface area contributed by atoms with Gasteiger partial charge in [-0.1, -0.05) is 80.4 Å². The third-order valence-corrected chi connectivity index (χ3v) is 5.06. The number of ether oxygens (including phenoxy) is 1. The van der Waals surface area contributed by atoms with Gasteiger partial charge in [0.2, 0.25) is 0 Å². The van der Waals surface area contributed by atoms with Crippen molar-refractivity contribution in [1.82, 2.24) is 10.2 Å². The maximum Gasteiger partial charge on any atom is 0.312 e. The van der Waals surface area contributed by atoms with Crippen LogP contribution in [0.5, 0.6) is 0 Å². The zero-order valence-corrected chi connectivity index (χ0v) is 19.8. The van der Waals surface area contributed by atoms with Gasteiger partial charge < -0.3 is 10.1 Å². The molecule has 0 saturated heterocycles. The molecule has 4 nitrogen and oxygen atoms in total. The first-order chi connectivity index (χ1) is 14.9. The highest BCUT2D eigenvalue weighted by atomic mass is 16.6. The van der Waals surface area contributed by atoms with Crippen LogP contribution in [0.2, 0.25) is 0 Å². The van der Waals surface area contributed by atoms with Crippen LogP contribution < -0.4 is 5.32 Å². The monoisotopic (exact) mass is 424 g/mol. The van der Waals surface area contributed by atoms with Gasteiger partial charge in [0.1, 0.15) is 5.60 Å². The van der Waals surface area contributed by atoms with Crippen LogP contribution in [0.1, 0.15) is 58.1 Å². The largest absolute Gasteiger partial charge is 0.460 e. The molecule has 0 aliphatic carbocycles. The summed E-state index contributed by atoms with van der Waals surface area (Å²) in [6, 6.07) is 20.9. The fraction of sp³-hybridized carbons (Fsp3) is 0.519. The Kier molecular flexibility index (Phi) is 10.8. The van der Waals surface area contributed by atoms with Gasteiger partial charge in [-0.05, 0) is 44.9 Å². The number of carbonyl (C=O) groups excluding carboxylic acids is 1. The molecule has 1 atom stereocenters. The Morgan fingerprint density at radius 1 is 0.935 bits per heavy atom. The van der Waals surface area contributed by atoms with E-state index in [9.17, 15) is 4.79 Å². The average molecular weight is 425 g/mol. The van der Waals surface area contributed by atoms with Gasteiger partial charge in [0.25, 0.3) is 0 Å². The Morgan fingerprint density at radius 3 is 1.97 bits per heavy atom. The van der Waals surface area contributed by atoms with Crippen molar-refractivity contribution in [1.29, 1.82) is 0 Å². The van der Waals surface area contributed by atoms with Crippen molar-refractivity contribution < 1.29 is 9.53 Å². The van der Waals surface area contributed by atoms with Crippen LogP contribution >= 0.6 is 0 Å². The number of unbranched alkanes of at least 4 members (excludes halogenated alkanes) is 2. The molecule has 2 rings (SSSR count). The average Bonchev–Trinajstić information content (AvgIpc) is 2.73. The van der Waals surface area contributed by atoms with Gasteiger partial charge in [0.05, 0.1) is 5.92 Å². The molecule has 1 unspecified atom stereocenters. The number of nitrogens with one attached hydrogen (secondary N) is 1. The summed E-state index contributed by atoms with van der Waals surface area (Å²) in [7, 11) is 0. The highest BCUT2D eigenvalue weighted by Gasteiger charge is 2.27. The van der Waals surface area contributed by atoms with Gasteiger partial charge in [-0.25, -0.2) is 0 Å². The number of rotatable bonds is 13. The Hall–Kier alpha value is -2.17. The van der Waals surface area contributed by atoms with E-state index < -0.39 is 5.60 Å². The fourth-order valence-corrected chi connectivity index (χ4v) is 3.56. The second kappa shape index (κ2) is 13.3. The summed E-state index contributed by atoms with van der Waals surface area (Å²) < 4.78 is 5.77. The lowest BCUT2D eigenvalue weighted by molar-refractivity contribution is -0.160. The predicted octanol–water partition coefficient (Wildman–Crippen LogP) is 5.43. The normalized spacial score (nSPS) is 12.7. The van der Waals surface area contributed by atoms with Gasteiger partial charge in [0.15, 0.2) is 0 Å². The molecule has 0 radical (unpaired) electrons. The Bertz CT molecular complexity index is 699. The SMILES string of the molecule is CCCCCNCC(CN(Cc1ccccc1)Cc1ccccc1)C(=O)OC(C)(C)C. The molecule has 0 spiro atoms. The maximum absolute atomic E-state index is 13.0. The number of esters is 1. The molecule has 0 aliphatic heterocycles. The third kappa shape index (κ3) is 10.6. The lowest BCUT2D eigenvalue weighted by atomic mass is 10.1. The second-order valence-electron chi connectivity index (χ2n) is 9.28. The van der Waals surface area contributed by atoms with Crippen molar-refractivity contribution in [3.63, 3.8) is 0 Å². The first-order valence-corrected chi connectivity index (χ1v) is 11.6. The van der Waals surface area contributed by atoms with Gasteiger partial charge in [-0.15, -0.1) is 0 Å². The van der Waals surface area contributed by atoms with Crippen molar-refractivity contribution >= 4 is 5.97 Å². The molecule has 2 aromatic carbocycles. The molecule has 31 heavy (non-hydrogen) atoms. The summed E-state index contributed by atoms with van der Waals surface area (Å²) in [6.07, 6.45) is 3.53. The lowest BCUT2D eigenvalue weighted by Gasteiger charge is -2.29. The van der Waals surface area contributed by atoms with E-state index in [4.69, 9.17) is 4.74 Å². The van der Waals surface area contributed by atoms with Crippen molar-refractivity contribution in [2.75, 3.05) is 19.6 Å². The van der Waals surface area contributed by atoms with E-state index in [-0.39, 0.29) is 11.9 Å². The summed E-state index contributed by atoms with van der Waals surface area (Å²) in [5.41, 5.74) is 2.01. The molecule has 170 valence electrons. The van der Waals surface area contributed by atoms with E-state index in [2.05, 4.69) is 65.7 Å². The standard InChI is InChI=1S/C27H40N2O2/c1-5-6-13-18-28-19-25(26(30)31-27(2,3)4)22-29(20-23-14-9-7-10-15-23)21-24-16-11-8-12-17-24/h7-12,14-17,25,28H,5-6,13,18-22H2,1-4H3. The summed E-state index contributed by atoms with van der Waals surface area (Å²) in [4.78, 5) is 15.4. The molecule has 2 aromatic rings. The highest BCUT2D eigenvalue weighted by molar-refractivity contribution is 5.73. The van der Waals surface area contributed by atoms with Crippen LogP contribution in [0, 0.1) is 5.92 Å². The number of hydrogen-bond donors (Lipinski definition) is 1. The van der Waals surface area contributed by atoms with E-state index in [0.717, 1.165) is 26.1 Å². The second-order valence-corrected chi connectivity index (χ2v) is 9.28. The quantitative estimate of drug-likeness (QED) is 0.344. The molecule has 1 N–H and O–H groups in total. The van der Waals surface area contributed by atoms with Crippen LogP contribution in [-0.4, -0.2) is 36.1 Å². The minimum Gasteiger partial charge on any atom is -0.460 e. The van der Waals surface area contributed by atoms with Crippen LogP contribution in [0.4, 0.5) is 0 Å². The number of carbonyl (C=O) groups is 1. The Balaban J connectivity index is 2.12. The van der Waals surface area contributed by atoms with E-state index in [1.807, 2.05) is 32.9 Å². The third-order valence-electron chi connectivity index (χ3n) is 5.06. The molecule has 0 saturated carbocycles. The smallest absolute Gasteiger partial charge is 0.312 e. The molecule has 0 aromatic heterocycles. The molecule has 4 heteroatoms. The van der Waals surface area contributed by atoms with Gasteiger partial charge in [-0.2, -0.15) is 0 Å². The zero-order valence-electron chi connectivity index (χ0n) is 19.8. The van der Waals surface area contributed by atoms with Gasteiger partial charge in [-0.3, -0.25) is 9.69 Å². The van der Waals surface area contributed by atoms with E-state index in [1.54, 1.807) is 0 Å². The molecule has 0 amide bonds. The van der Waals surface area contributed by atoms with Gasteiger partial charge in [0, 0.05) is 26.2 Å². The van der Waals surface area contributed by atoms with Crippen molar-refractivity contribution in [3.05, 3.63) is 71.8 Å². The topological polar surface area (TPSA) is 41.6 Å². The minimum atomic E-state index is -0.485. The predicted molar refractivity (Wildman–Crippen MR) is 129 cm³/mol. The van der Waals surface area contributed by atoms with Crippen LogP contribution in [0.15, 0.2) is 60.7 Å². The van der Waals surface area contributed by atoms with E-state index in [0.29, 0.717) is 13.1 Å².